The predicted molar refractivity (Wildman–Crippen MR) is 59.2 cm³/mol. The van der Waals surface area contributed by atoms with Crippen molar-refractivity contribution in [2.24, 2.45) is 5.41 Å². The van der Waals surface area contributed by atoms with Crippen LogP contribution in [0.25, 0.3) is 0 Å². The fourth-order valence-corrected chi connectivity index (χ4v) is 1.32. The molecule has 0 saturated heterocycles. The number of hydrogen-bond acceptors (Lipinski definition) is 7. The lowest BCUT2D eigenvalue weighted by molar-refractivity contribution is -0.174. The van der Waals surface area contributed by atoms with E-state index in [2.05, 4.69) is 20.1 Å². The van der Waals surface area contributed by atoms with E-state index in [9.17, 15) is 19.2 Å². The van der Waals surface area contributed by atoms with Gasteiger partial charge in [-0.25, -0.2) is 9.59 Å². The van der Waals surface area contributed by atoms with Gasteiger partial charge in [0.05, 0.1) is 20.9 Å². The largest absolute Gasteiger partial charge is 0.467 e. The molecule has 18 heavy (non-hydrogen) atoms. The number of ether oxygens (including phenoxy) is 2. The molecule has 1 amide bonds. The minimum atomic E-state index is -2.62. The zero-order chi connectivity index (χ0) is 14.3. The molecule has 0 rings (SSSR count). The smallest absolute Gasteiger partial charge is 0.340 e. The molecule has 0 radical (unpaired) electrons. The molecule has 0 atom stereocenters. The summed E-state index contributed by atoms with van der Waals surface area (Å²) in [4.78, 5) is 46.8. The summed E-state index contributed by atoms with van der Waals surface area (Å²) in [6, 6.07) is 0. The van der Waals surface area contributed by atoms with E-state index in [-0.39, 0.29) is 6.67 Å². The van der Waals surface area contributed by atoms with Gasteiger partial charge in [0, 0.05) is 0 Å². The lowest BCUT2D eigenvalue weighted by atomic mass is 9.83. The third kappa shape index (κ3) is 2.65. The standard InChI is InChI=1S/C10H16N2O6/c1-6(13)10(8(15)17-3,9(16)18-4)7(14)12-5-11-2/h11H,5H2,1-4H3,(H,12,14). The number of hydrogen-bond donors (Lipinski definition) is 2. The van der Waals surface area contributed by atoms with Crippen LogP contribution in [0.2, 0.25) is 0 Å². The number of carbonyl (C=O) groups excluding carboxylic acids is 4. The third-order valence-electron chi connectivity index (χ3n) is 2.28. The van der Waals surface area contributed by atoms with Crippen molar-refractivity contribution >= 4 is 23.6 Å². The molecular formula is C10H16N2O6. The van der Waals surface area contributed by atoms with Gasteiger partial charge in [-0.15, -0.1) is 0 Å². The number of esters is 2. The monoisotopic (exact) mass is 260 g/mol. The molecule has 0 aromatic rings. The fourth-order valence-electron chi connectivity index (χ4n) is 1.32. The van der Waals surface area contributed by atoms with Crippen LogP contribution in [0.1, 0.15) is 6.92 Å². The SMILES string of the molecule is CNCNC(=O)C(C(C)=O)(C(=O)OC)C(=O)OC. The normalized spacial score (nSPS) is 10.4. The minimum Gasteiger partial charge on any atom is -0.467 e. The average Bonchev–Trinajstić information content (AvgIpc) is 2.35. The average molecular weight is 260 g/mol. The number of carbonyl (C=O) groups is 4. The van der Waals surface area contributed by atoms with E-state index in [1.54, 1.807) is 0 Å². The molecule has 0 heterocycles. The summed E-state index contributed by atoms with van der Waals surface area (Å²) in [5.74, 6) is -4.64. The molecule has 0 aromatic carbocycles. The number of nitrogens with one attached hydrogen (secondary N) is 2. The van der Waals surface area contributed by atoms with Crippen LogP contribution in [0.15, 0.2) is 0 Å². The first-order valence-electron chi connectivity index (χ1n) is 5.00. The van der Waals surface area contributed by atoms with E-state index in [4.69, 9.17) is 0 Å². The van der Waals surface area contributed by atoms with Crippen molar-refractivity contribution < 1.29 is 28.7 Å². The maximum Gasteiger partial charge on any atom is 0.340 e. The van der Waals surface area contributed by atoms with E-state index < -0.39 is 29.0 Å². The Morgan fingerprint density at radius 3 is 1.78 bits per heavy atom. The van der Waals surface area contributed by atoms with Crippen LogP contribution < -0.4 is 10.6 Å². The molecule has 0 aliphatic rings. The van der Waals surface area contributed by atoms with E-state index in [1.807, 2.05) is 0 Å². The topological polar surface area (TPSA) is 111 Å². The molecule has 8 heteroatoms. The quantitative estimate of drug-likeness (QED) is 0.329. The molecule has 0 bridgehead atoms. The predicted octanol–water partition coefficient (Wildman–Crippen LogP) is -1.80. The minimum absolute atomic E-state index is 0.0259. The van der Waals surface area contributed by atoms with Crippen molar-refractivity contribution in [1.29, 1.82) is 0 Å². The first-order valence-corrected chi connectivity index (χ1v) is 5.00. The molecule has 0 aromatic heterocycles. The number of methoxy groups -OCH3 is 2. The van der Waals surface area contributed by atoms with Crippen LogP contribution in [0.3, 0.4) is 0 Å². The Labute approximate surface area is 104 Å². The summed E-state index contributed by atoms with van der Waals surface area (Å²) in [7, 11) is 3.47. The molecule has 8 nitrogen and oxygen atoms in total. The Hall–Kier alpha value is -1.96. The van der Waals surface area contributed by atoms with Crippen LogP contribution in [-0.4, -0.2) is 51.6 Å². The Kier molecular flexibility index (Phi) is 5.97. The van der Waals surface area contributed by atoms with Gasteiger partial charge in [-0.2, -0.15) is 0 Å². The highest BCUT2D eigenvalue weighted by molar-refractivity contribution is 6.35. The maximum absolute atomic E-state index is 11.9. The van der Waals surface area contributed by atoms with Crippen LogP contribution in [0.4, 0.5) is 0 Å². The van der Waals surface area contributed by atoms with Gasteiger partial charge in [-0.1, -0.05) is 0 Å². The van der Waals surface area contributed by atoms with E-state index >= 15 is 0 Å². The molecule has 0 saturated carbocycles. The van der Waals surface area contributed by atoms with Gasteiger partial charge in [0.25, 0.3) is 11.3 Å². The van der Waals surface area contributed by atoms with Gasteiger partial charge in [-0.3, -0.25) is 9.59 Å². The second-order valence-corrected chi connectivity index (χ2v) is 3.33. The number of rotatable bonds is 6. The van der Waals surface area contributed by atoms with Gasteiger partial charge in [0.2, 0.25) is 0 Å². The Morgan fingerprint density at radius 1 is 1.06 bits per heavy atom. The molecule has 2 N–H and O–H groups in total. The molecule has 102 valence electrons. The van der Waals surface area contributed by atoms with Gasteiger partial charge in [-0.05, 0) is 14.0 Å². The Bertz CT molecular complexity index is 349. The third-order valence-corrected chi connectivity index (χ3v) is 2.28. The van der Waals surface area contributed by atoms with Gasteiger partial charge in [0.15, 0.2) is 5.78 Å². The second-order valence-electron chi connectivity index (χ2n) is 3.33. The highest BCUT2D eigenvalue weighted by Crippen LogP contribution is 2.23. The molecule has 0 aliphatic carbocycles. The van der Waals surface area contributed by atoms with Crippen molar-refractivity contribution in [3.8, 4) is 0 Å². The maximum atomic E-state index is 11.9. The Morgan fingerprint density at radius 2 is 1.50 bits per heavy atom. The van der Waals surface area contributed by atoms with Crippen LogP contribution in [0.5, 0.6) is 0 Å². The zero-order valence-corrected chi connectivity index (χ0v) is 10.7. The molecule has 0 unspecified atom stereocenters. The zero-order valence-electron chi connectivity index (χ0n) is 10.7. The first kappa shape index (κ1) is 16.0. The van der Waals surface area contributed by atoms with Crippen molar-refractivity contribution in [3.63, 3.8) is 0 Å². The van der Waals surface area contributed by atoms with E-state index in [1.165, 1.54) is 7.05 Å². The summed E-state index contributed by atoms with van der Waals surface area (Å²) >= 11 is 0. The fraction of sp³-hybridized carbons (Fsp3) is 0.600. The summed E-state index contributed by atoms with van der Waals surface area (Å²) in [5.41, 5.74) is -2.62. The highest BCUT2D eigenvalue weighted by Gasteiger charge is 2.59. The highest BCUT2D eigenvalue weighted by atomic mass is 16.5. The van der Waals surface area contributed by atoms with Crippen molar-refractivity contribution in [2.75, 3.05) is 27.9 Å². The van der Waals surface area contributed by atoms with Gasteiger partial charge >= 0.3 is 11.9 Å². The molecule has 0 aliphatic heterocycles. The molecule has 0 spiro atoms. The van der Waals surface area contributed by atoms with Crippen molar-refractivity contribution in [1.82, 2.24) is 10.6 Å². The van der Waals surface area contributed by atoms with E-state index in [0.29, 0.717) is 0 Å². The van der Waals surface area contributed by atoms with Crippen LogP contribution in [-0.2, 0) is 28.7 Å². The molecule has 0 fully saturated rings. The number of ketones is 1. The second kappa shape index (κ2) is 6.70. The number of Topliss-reactive ketones (excluding diaryl/α,β-unsaturated/α-hetero) is 1. The lowest BCUT2D eigenvalue weighted by Crippen LogP contribution is -2.58. The van der Waals surface area contributed by atoms with Crippen LogP contribution >= 0.6 is 0 Å². The number of amides is 1. The Balaban J connectivity index is 5.62. The molecular weight excluding hydrogens is 244 g/mol. The van der Waals surface area contributed by atoms with E-state index in [0.717, 1.165) is 21.1 Å². The lowest BCUT2D eigenvalue weighted by Gasteiger charge is -2.24. The van der Waals surface area contributed by atoms with Gasteiger partial charge in [0.1, 0.15) is 0 Å². The summed E-state index contributed by atoms with van der Waals surface area (Å²) in [6.45, 7) is 0.911. The van der Waals surface area contributed by atoms with Gasteiger partial charge < -0.3 is 20.1 Å². The first-order chi connectivity index (χ1) is 8.39. The van der Waals surface area contributed by atoms with Crippen LogP contribution in [0, 0.1) is 5.41 Å². The summed E-state index contributed by atoms with van der Waals surface area (Å²) in [6.07, 6.45) is 0. The van der Waals surface area contributed by atoms with Crippen molar-refractivity contribution in [2.45, 2.75) is 6.92 Å². The summed E-state index contributed by atoms with van der Waals surface area (Å²) < 4.78 is 8.72. The summed E-state index contributed by atoms with van der Waals surface area (Å²) in [5, 5.41) is 4.79. The van der Waals surface area contributed by atoms with Crippen molar-refractivity contribution in [3.05, 3.63) is 0 Å².